The van der Waals surface area contributed by atoms with Crippen LogP contribution in [0.2, 0.25) is 0 Å². The summed E-state index contributed by atoms with van der Waals surface area (Å²) in [7, 11) is 0. The van der Waals surface area contributed by atoms with Crippen molar-refractivity contribution in [3.8, 4) is 11.4 Å². The van der Waals surface area contributed by atoms with Crippen molar-refractivity contribution in [2.24, 2.45) is 0 Å². The van der Waals surface area contributed by atoms with E-state index in [1.807, 2.05) is 19.1 Å². The van der Waals surface area contributed by atoms with Crippen molar-refractivity contribution >= 4 is 17.7 Å². The number of rotatable bonds is 7. The fourth-order valence-electron chi connectivity index (χ4n) is 4.03. The van der Waals surface area contributed by atoms with Crippen LogP contribution < -0.4 is 16.6 Å². The smallest absolute Gasteiger partial charge is 0.346 e. The Labute approximate surface area is 194 Å². The van der Waals surface area contributed by atoms with E-state index < -0.39 is 0 Å². The van der Waals surface area contributed by atoms with Crippen LogP contribution in [0, 0.1) is 13.8 Å². The summed E-state index contributed by atoms with van der Waals surface area (Å²) in [4.78, 5) is 46.8. The molecule has 5 rings (SSSR count). The third kappa shape index (κ3) is 4.12. The van der Waals surface area contributed by atoms with Crippen LogP contribution in [0.1, 0.15) is 42.6 Å². The molecule has 10 nitrogen and oxygen atoms in total. The molecule has 0 spiro atoms. The first-order valence-corrected chi connectivity index (χ1v) is 12.0. The number of aryl methyl sites for hydroxylation is 1. The van der Waals surface area contributed by atoms with E-state index in [0.29, 0.717) is 22.3 Å². The predicted octanol–water partition coefficient (Wildman–Crippen LogP) is 1.47. The van der Waals surface area contributed by atoms with Gasteiger partial charge in [-0.1, -0.05) is 11.8 Å². The van der Waals surface area contributed by atoms with Gasteiger partial charge in [0.2, 0.25) is 5.91 Å². The Hall–Kier alpha value is -3.21. The van der Waals surface area contributed by atoms with Gasteiger partial charge in [0.1, 0.15) is 0 Å². The van der Waals surface area contributed by atoms with Crippen molar-refractivity contribution in [2.75, 3.05) is 12.3 Å². The predicted molar refractivity (Wildman–Crippen MR) is 123 cm³/mol. The summed E-state index contributed by atoms with van der Waals surface area (Å²) in [5.41, 5.74) is 1.88. The largest absolute Gasteiger partial charge is 0.354 e. The lowest BCUT2D eigenvalue weighted by Gasteiger charge is -2.14. The maximum absolute atomic E-state index is 12.9. The number of pyridine rings is 1. The zero-order chi connectivity index (χ0) is 23.1. The van der Waals surface area contributed by atoms with Crippen molar-refractivity contribution in [2.45, 2.75) is 56.9 Å². The number of nitrogens with zero attached hydrogens (tertiary/aromatic N) is 6. The summed E-state index contributed by atoms with van der Waals surface area (Å²) >= 11 is 1.50. The van der Waals surface area contributed by atoms with Crippen molar-refractivity contribution in [1.29, 1.82) is 0 Å². The second-order valence-corrected chi connectivity index (χ2v) is 9.46. The average molecular weight is 468 g/mol. The van der Waals surface area contributed by atoms with Gasteiger partial charge in [-0.05, 0) is 38.8 Å². The number of thioether (sulfide) groups is 1. The maximum Gasteiger partial charge on any atom is 0.346 e. The Kier molecular flexibility index (Phi) is 5.65. The van der Waals surface area contributed by atoms with Gasteiger partial charge in [-0.3, -0.25) is 23.7 Å². The quantitative estimate of drug-likeness (QED) is 0.523. The van der Waals surface area contributed by atoms with Crippen LogP contribution in [-0.2, 0) is 11.3 Å². The van der Waals surface area contributed by atoms with Crippen LogP contribution in [0.3, 0.4) is 0 Å². The Morgan fingerprint density at radius 3 is 2.79 bits per heavy atom. The first-order chi connectivity index (χ1) is 15.9. The summed E-state index contributed by atoms with van der Waals surface area (Å²) in [6.45, 7) is 4.13. The molecule has 0 aromatic carbocycles. The van der Waals surface area contributed by atoms with Gasteiger partial charge in [0.05, 0.1) is 12.6 Å². The molecule has 11 heteroatoms. The Bertz CT molecular complexity index is 1320. The monoisotopic (exact) mass is 467 g/mol. The molecular weight excluding hydrogens is 442 g/mol. The Morgan fingerprint density at radius 1 is 1.24 bits per heavy atom. The third-order valence-electron chi connectivity index (χ3n) is 6.09. The molecule has 1 aliphatic carbocycles. The lowest BCUT2D eigenvalue weighted by atomic mass is 10.2. The number of amides is 1. The molecule has 4 heterocycles. The molecule has 1 atom stereocenters. The lowest BCUT2D eigenvalue weighted by molar-refractivity contribution is -0.121. The second-order valence-electron chi connectivity index (χ2n) is 8.47. The standard InChI is InChI=1S/C22H25N7O3S/c1-13-14(2)25-21-29(20(13)31)17(12-33-21)10-18(30)24-8-9-27-22(32)28(16-5-6-16)19(26-27)15-4-3-7-23-11-15/h3-4,7,11,16-17H,5-6,8-10,12H2,1-2H3,(H,24,30). The molecule has 1 amide bonds. The summed E-state index contributed by atoms with van der Waals surface area (Å²) in [5.74, 6) is 1.08. The van der Waals surface area contributed by atoms with E-state index in [1.54, 1.807) is 28.5 Å². The fourth-order valence-corrected chi connectivity index (χ4v) is 5.21. The number of fused-ring (bicyclic) bond motifs is 1. The number of aromatic nitrogens is 6. The maximum atomic E-state index is 12.9. The van der Waals surface area contributed by atoms with Crippen molar-refractivity contribution in [1.82, 2.24) is 34.2 Å². The minimum absolute atomic E-state index is 0.0830. The van der Waals surface area contributed by atoms with E-state index >= 15 is 0 Å². The average Bonchev–Trinajstić information content (AvgIpc) is 3.49. The summed E-state index contributed by atoms with van der Waals surface area (Å²) in [5, 5.41) is 8.06. The molecule has 33 heavy (non-hydrogen) atoms. The first kappa shape index (κ1) is 21.6. The highest BCUT2D eigenvalue weighted by molar-refractivity contribution is 7.99. The van der Waals surface area contributed by atoms with E-state index in [9.17, 15) is 14.4 Å². The minimum atomic E-state index is -0.224. The van der Waals surface area contributed by atoms with Crippen molar-refractivity contribution in [3.63, 3.8) is 0 Å². The van der Waals surface area contributed by atoms with Crippen LogP contribution in [0.15, 0.2) is 39.3 Å². The molecule has 3 aromatic heterocycles. The Morgan fingerprint density at radius 2 is 2.06 bits per heavy atom. The molecule has 1 aliphatic heterocycles. The van der Waals surface area contributed by atoms with E-state index in [0.717, 1.165) is 24.1 Å². The van der Waals surface area contributed by atoms with Gasteiger partial charge < -0.3 is 5.32 Å². The van der Waals surface area contributed by atoms with Crippen molar-refractivity contribution in [3.05, 3.63) is 56.6 Å². The van der Waals surface area contributed by atoms with Crippen molar-refractivity contribution < 1.29 is 4.79 Å². The number of nitrogens with one attached hydrogen (secondary N) is 1. The number of carbonyl (C=O) groups excluding carboxylic acids is 1. The summed E-state index contributed by atoms with van der Waals surface area (Å²) in [6.07, 6.45) is 5.50. The summed E-state index contributed by atoms with van der Waals surface area (Å²) in [6, 6.07) is 3.66. The highest BCUT2D eigenvalue weighted by Gasteiger charge is 2.31. The van der Waals surface area contributed by atoms with E-state index in [-0.39, 0.29) is 48.8 Å². The molecule has 1 saturated carbocycles. The highest BCUT2D eigenvalue weighted by atomic mass is 32.2. The normalized spacial score (nSPS) is 17.2. The van der Waals surface area contributed by atoms with Crippen LogP contribution in [0.25, 0.3) is 11.4 Å². The Balaban J connectivity index is 1.25. The SMILES string of the molecule is Cc1nc2n(c(=O)c1C)C(CC(=O)NCCn1nc(-c3cccnc3)n(C3CC3)c1=O)CS2. The van der Waals surface area contributed by atoms with Crippen LogP contribution in [-0.4, -0.2) is 47.1 Å². The molecule has 172 valence electrons. The first-order valence-electron chi connectivity index (χ1n) is 11.0. The third-order valence-corrected chi connectivity index (χ3v) is 7.19. The van der Waals surface area contributed by atoms with Gasteiger partial charge in [0.15, 0.2) is 11.0 Å². The highest BCUT2D eigenvalue weighted by Crippen LogP contribution is 2.36. The molecular formula is C22H25N7O3S. The molecule has 2 aliphatic rings. The van der Waals surface area contributed by atoms with Gasteiger partial charge >= 0.3 is 5.69 Å². The summed E-state index contributed by atoms with van der Waals surface area (Å²) < 4.78 is 4.77. The molecule has 0 radical (unpaired) electrons. The van der Waals surface area contributed by atoms with Gasteiger partial charge in [0, 0.05) is 54.0 Å². The zero-order valence-corrected chi connectivity index (χ0v) is 19.3. The second kappa shape index (κ2) is 8.62. The van der Waals surface area contributed by atoms with E-state index in [4.69, 9.17) is 0 Å². The topological polar surface area (TPSA) is 117 Å². The van der Waals surface area contributed by atoms with E-state index in [1.165, 1.54) is 16.4 Å². The van der Waals surface area contributed by atoms with E-state index in [2.05, 4.69) is 20.4 Å². The molecule has 1 N–H and O–H groups in total. The molecule has 0 saturated heterocycles. The fraction of sp³-hybridized carbons (Fsp3) is 0.455. The minimum Gasteiger partial charge on any atom is -0.354 e. The molecule has 1 fully saturated rings. The van der Waals surface area contributed by atoms with Gasteiger partial charge in [-0.2, -0.15) is 0 Å². The lowest BCUT2D eigenvalue weighted by Crippen LogP contribution is -2.34. The number of hydrogen-bond acceptors (Lipinski definition) is 7. The molecule has 3 aromatic rings. The van der Waals surface area contributed by atoms with Gasteiger partial charge in [-0.15, -0.1) is 5.10 Å². The zero-order valence-electron chi connectivity index (χ0n) is 18.5. The molecule has 1 unspecified atom stereocenters. The van der Waals surface area contributed by atoms with Gasteiger partial charge in [0.25, 0.3) is 5.56 Å². The van der Waals surface area contributed by atoms with Gasteiger partial charge in [-0.25, -0.2) is 14.5 Å². The number of hydrogen-bond donors (Lipinski definition) is 1. The van der Waals surface area contributed by atoms with Crippen LogP contribution >= 0.6 is 11.8 Å². The van der Waals surface area contributed by atoms with Crippen LogP contribution in [0.5, 0.6) is 0 Å². The molecule has 0 bridgehead atoms. The number of carbonyl (C=O) groups is 1. The van der Waals surface area contributed by atoms with Crippen LogP contribution in [0.4, 0.5) is 0 Å².